The van der Waals surface area contributed by atoms with Crippen LogP contribution < -0.4 is 10.6 Å². The quantitative estimate of drug-likeness (QED) is 0.702. The molecular formula is C12H24N4O2. The third-order valence-corrected chi connectivity index (χ3v) is 2.46. The average Bonchev–Trinajstić information content (AvgIpc) is 2.75. The molecule has 6 heteroatoms. The average molecular weight is 256 g/mol. The normalized spacial score (nSPS) is 12.9. The second-order valence-electron chi connectivity index (χ2n) is 4.62. The molecule has 104 valence electrons. The van der Waals surface area contributed by atoms with Gasteiger partial charge in [-0.3, -0.25) is 0 Å². The number of ether oxygens (including phenoxy) is 1. The van der Waals surface area contributed by atoms with Crippen molar-refractivity contribution in [3.05, 3.63) is 5.89 Å². The Kier molecular flexibility index (Phi) is 6.67. The van der Waals surface area contributed by atoms with Crippen molar-refractivity contribution in [3.63, 3.8) is 0 Å². The number of hydrogen-bond donors (Lipinski definition) is 2. The lowest BCUT2D eigenvalue weighted by Crippen LogP contribution is -2.24. The van der Waals surface area contributed by atoms with E-state index in [2.05, 4.69) is 41.6 Å². The lowest BCUT2D eigenvalue weighted by atomic mass is 10.2. The molecule has 1 heterocycles. The van der Waals surface area contributed by atoms with Gasteiger partial charge in [0.05, 0.1) is 19.2 Å². The zero-order valence-corrected chi connectivity index (χ0v) is 11.7. The smallest absolute Gasteiger partial charge is 0.315 e. The van der Waals surface area contributed by atoms with Gasteiger partial charge in [-0.15, -0.1) is 5.10 Å². The zero-order valence-electron chi connectivity index (χ0n) is 11.7. The second-order valence-corrected chi connectivity index (χ2v) is 4.62. The Hall–Kier alpha value is -1.14. The fraction of sp³-hybridized carbons (Fsp3) is 0.833. The number of aromatic nitrogens is 2. The van der Waals surface area contributed by atoms with Gasteiger partial charge in [0, 0.05) is 13.2 Å². The van der Waals surface area contributed by atoms with Gasteiger partial charge in [0.15, 0.2) is 0 Å². The number of methoxy groups -OCH3 is 1. The van der Waals surface area contributed by atoms with Gasteiger partial charge in [0.2, 0.25) is 5.89 Å². The van der Waals surface area contributed by atoms with E-state index in [1.807, 2.05) is 0 Å². The van der Waals surface area contributed by atoms with Crippen molar-refractivity contribution in [3.8, 4) is 0 Å². The van der Waals surface area contributed by atoms with Crippen molar-refractivity contribution in [2.45, 2.75) is 52.2 Å². The van der Waals surface area contributed by atoms with E-state index in [9.17, 15) is 0 Å². The fourth-order valence-electron chi connectivity index (χ4n) is 1.60. The lowest BCUT2D eigenvalue weighted by Gasteiger charge is -2.14. The number of hydrogen-bond acceptors (Lipinski definition) is 6. The second kappa shape index (κ2) is 8.05. The molecule has 18 heavy (non-hydrogen) atoms. The molecular weight excluding hydrogens is 232 g/mol. The Morgan fingerprint density at radius 3 is 2.72 bits per heavy atom. The van der Waals surface area contributed by atoms with Crippen LogP contribution in [0.15, 0.2) is 4.42 Å². The molecule has 1 aromatic heterocycles. The van der Waals surface area contributed by atoms with Crippen LogP contribution in [0.1, 0.15) is 39.5 Å². The lowest BCUT2D eigenvalue weighted by molar-refractivity contribution is 0.181. The number of rotatable bonds is 9. The van der Waals surface area contributed by atoms with Crippen LogP contribution in [0.3, 0.4) is 0 Å². The van der Waals surface area contributed by atoms with Crippen molar-refractivity contribution in [2.24, 2.45) is 0 Å². The van der Waals surface area contributed by atoms with E-state index in [0.29, 0.717) is 31.1 Å². The molecule has 0 aliphatic heterocycles. The van der Waals surface area contributed by atoms with Crippen molar-refractivity contribution < 1.29 is 9.15 Å². The van der Waals surface area contributed by atoms with Gasteiger partial charge in [0.25, 0.3) is 0 Å². The molecule has 1 rings (SSSR count). The first-order chi connectivity index (χ1) is 8.65. The summed E-state index contributed by atoms with van der Waals surface area (Å²) in [5, 5.41) is 14.4. The molecule has 6 nitrogen and oxygen atoms in total. The largest absolute Gasteiger partial charge is 0.407 e. The predicted molar refractivity (Wildman–Crippen MR) is 70.5 cm³/mol. The van der Waals surface area contributed by atoms with E-state index in [4.69, 9.17) is 9.15 Å². The zero-order chi connectivity index (χ0) is 13.4. The van der Waals surface area contributed by atoms with Gasteiger partial charge in [-0.05, 0) is 6.42 Å². The van der Waals surface area contributed by atoms with Crippen LogP contribution in [0.4, 0.5) is 6.01 Å². The van der Waals surface area contributed by atoms with Crippen LogP contribution in [0.5, 0.6) is 0 Å². The minimum atomic E-state index is 0.214. The van der Waals surface area contributed by atoms with Crippen molar-refractivity contribution in [2.75, 3.05) is 19.0 Å². The summed E-state index contributed by atoms with van der Waals surface area (Å²) in [7, 11) is 1.69. The summed E-state index contributed by atoms with van der Waals surface area (Å²) < 4.78 is 10.7. The summed E-state index contributed by atoms with van der Waals surface area (Å²) >= 11 is 0. The highest BCUT2D eigenvalue weighted by Crippen LogP contribution is 2.10. The van der Waals surface area contributed by atoms with Crippen molar-refractivity contribution >= 4 is 6.01 Å². The molecule has 0 saturated carbocycles. The minimum Gasteiger partial charge on any atom is -0.407 e. The Morgan fingerprint density at radius 1 is 1.33 bits per heavy atom. The van der Waals surface area contributed by atoms with Crippen LogP contribution in [-0.2, 0) is 11.3 Å². The number of anilines is 1. The van der Waals surface area contributed by atoms with E-state index in [-0.39, 0.29) is 6.04 Å². The summed E-state index contributed by atoms with van der Waals surface area (Å²) in [5.74, 6) is 0.596. The topological polar surface area (TPSA) is 72.2 Å². The molecule has 0 aliphatic carbocycles. The number of nitrogens with one attached hydrogen (secondary N) is 2. The summed E-state index contributed by atoms with van der Waals surface area (Å²) in [6, 6.07) is 1.08. The SMILES string of the molecule is CCCC(COC)Nc1nnc(CNC(C)C)o1. The predicted octanol–water partition coefficient (Wildman–Crippen LogP) is 1.79. The first-order valence-corrected chi connectivity index (χ1v) is 6.47. The molecule has 0 spiro atoms. The summed E-state index contributed by atoms with van der Waals surface area (Å²) in [5.41, 5.74) is 0. The maximum Gasteiger partial charge on any atom is 0.315 e. The van der Waals surface area contributed by atoms with Gasteiger partial charge >= 0.3 is 6.01 Å². The molecule has 0 bridgehead atoms. The van der Waals surface area contributed by atoms with Crippen LogP contribution in [0, 0.1) is 0 Å². The summed E-state index contributed by atoms with van der Waals surface area (Å²) in [6.07, 6.45) is 2.09. The van der Waals surface area contributed by atoms with Crippen LogP contribution >= 0.6 is 0 Å². The van der Waals surface area contributed by atoms with E-state index < -0.39 is 0 Å². The summed E-state index contributed by atoms with van der Waals surface area (Å²) in [6.45, 7) is 7.51. The molecule has 0 aromatic carbocycles. The first-order valence-electron chi connectivity index (χ1n) is 6.47. The van der Waals surface area contributed by atoms with E-state index in [1.54, 1.807) is 7.11 Å². The van der Waals surface area contributed by atoms with Crippen molar-refractivity contribution in [1.29, 1.82) is 0 Å². The number of nitrogens with zero attached hydrogens (tertiary/aromatic N) is 2. The van der Waals surface area contributed by atoms with Crippen LogP contribution in [0.2, 0.25) is 0 Å². The molecule has 1 atom stereocenters. The van der Waals surface area contributed by atoms with Gasteiger partial charge in [-0.25, -0.2) is 0 Å². The minimum absolute atomic E-state index is 0.214. The Labute approximate surface area is 108 Å². The van der Waals surface area contributed by atoms with Crippen LogP contribution in [0.25, 0.3) is 0 Å². The van der Waals surface area contributed by atoms with Gasteiger partial charge in [0.1, 0.15) is 0 Å². The maximum atomic E-state index is 5.51. The highest BCUT2D eigenvalue weighted by atomic mass is 16.5. The van der Waals surface area contributed by atoms with Gasteiger partial charge in [-0.1, -0.05) is 32.3 Å². The van der Waals surface area contributed by atoms with Crippen LogP contribution in [-0.4, -0.2) is 36.0 Å². The van der Waals surface area contributed by atoms with Gasteiger partial charge < -0.3 is 19.8 Å². The molecule has 0 radical (unpaired) electrons. The highest BCUT2D eigenvalue weighted by molar-refractivity contribution is 5.19. The molecule has 0 amide bonds. The summed E-state index contributed by atoms with van der Waals surface area (Å²) in [4.78, 5) is 0. The molecule has 1 aromatic rings. The Balaban J connectivity index is 2.45. The fourth-order valence-corrected chi connectivity index (χ4v) is 1.60. The van der Waals surface area contributed by atoms with E-state index in [0.717, 1.165) is 12.8 Å². The Bertz CT molecular complexity index is 322. The molecule has 0 saturated heterocycles. The molecule has 2 N–H and O–H groups in total. The van der Waals surface area contributed by atoms with E-state index >= 15 is 0 Å². The molecule has 1 unspecified atom stereocenters. The molecule has 0 aliphatic rings. The standard InChI is InChI=1S/C12H24N4O2/c1-5-6-10(8-17-4)14-12-16-15-11(18-12)7-13-9(2)3/h9-10,13H,5-8H2,1-4H3,(H,14,16). The maximum absolute atomic E-state index is 5.51. The third kappa shape index (κ3) is 5.46. The highest BCUT2D eigenvalue weighted by Gasteiger charge is 2.12. The molecule has 0 fully saturated rings. The third-order valence-electron chi connectivity index (χ3n) is 2.46. The Morgan fingerprint density at radius 2 is 2.11 bits per heavy atom. The monoisotopic (exact) mass is 256 g/mol. The van der Waals surface area contributed by atoms with E-state index in [1.165, 1.54) is 0 Å². The van der Waals surface area contributed by atoms with Crippen molar-refractivity contribution in [1.82, 2.24) is 15.5 Å². The first kappa shape index (κ1) is 14.9. The van der Waals surface area contributed by atoms with Gasteiger partial charge in [-0.2, -0.15) is 0 Å².